The van der Waals surface area contributed by atoms with Crippen molar-refractivity contribution in [2.75, 3.05) is 27.9 Å². The van der Waals surface area contributed by atoms with Crippen LogP contribution >= 0.6 is 0 Å². The molecular weight excluding hydrogens is 390 g/mol. The van der Waals surface area contributed by atoms with Crippen molar-refractivity contribution in [3.05, 3.63) is 53.2 Å². The van der Waals surface area contributed by atoms with Crippen molar-refractivity contribution in [1.29, 1.82) is 0 Å². The monoisotopic (exact) mass is 415 g/mol. The Kier molecular flexibility index (Phi) is 8.07. The predicted molar refractivity (Wildman–Crippen MR) is 111 cm³/mol. The number of ether oxygens (including phenoxy) is 4. The van der Waals surface area contributed by atoms with E-state index in [1.54, 1.807) is 24.3 Å². The Balaban J connectivity index is 2.34. The molecule has 0 atom stereocenters. The molecule has 2 amide bonds. The van der Waals surface area contributed by atoms with Crippen LogP contribution in [0.1, 0.15) is 22.8 Å². The Morgan fingerprint density at radius 1 is 1.00 bits per heavy atom. The van der Waals surface area contributed by atoms with Crippen LogP contribution in [0.25, 0.3) is 6.08 Å². The zero-order chi connectivity index (χ0) is 22.1. The number of hydrogen-bond donors (Lipinski definition) is 3. The molecule has 30 heavy (non-hydrogen) atoms. The summed E-state index contributed by atoms with van der Waals surface area (Å²) in [6.45, 7) is 2.43. The predicted octanol–water partition coefficient (Wildman–Crippen LogP) is 1.87. The molecule has 0 saturated heterocycles. The molecular formula is C21H25N3O6. The number of carbonyl (C=O) groups excluding carboxylic acids is 2. The number of hydrazine groups is 1. The Morgan fingerprint density at radius 3 is 2.07 bits per heavy atom. The van der Waals surface area contributed by atoms with E-state index in [1.165, 1.54) is 39.5 Å². The minimum Gasteiger partial charge on any atom is -0.494 e. The van der Waals surface area contributed by atoms with Crippen LogP contribution in [0.3, 0.4) is 0 Å². The second-order valence-corrected chi connectivity index (χ2v) is 5.90. The van der Waals surface area contributed by atoms with Crippen LogP contribution in [0, 0.1) is 0 Å². The van der Waals surface area contributed by atoms with Crippen molar-refractivity contribution in [3.63, 3.8) is 0 Å². The van der Waals surface area contributed by atoms with Gasteiger partial charge in [-0.05, 0) is 42.8 Å². The molecule has 0 aliphatic heterocycles. The molecule has 0 aromatic heterocycles. The molecule has 160 valence electrons. The van der Waals surface area contributed by atoms with Crippen molar-refractivity contribution in [3.8, 4) is 23.0 Å². The van der Waals surface area contributed by atoms with Gasteiger partial charge < -0.3 is 24.3 Å². The molecule has 0 aliphatic rings. The largest absolute Gasteiger partial charge is 0.494 e. The Bertz CT molecular complexity index is 900. The molecule has 0 unspecified atom stereocenters. The lowest BCUT2D eigenvalue weighted by molar-refractivity contribution is -0.117. The van der Waals surface area contributed by atoms with Crippen LogP contribution in [-0.4, -0.2) is 39.8 Å². The number of methoxy groups -OCH3 is 3. The van der Waals surface area contributed by atoms with Gasteiger partial charge in [-0.2, -0.15) is 0 Å². The summed E-state index contributed by atoms with van der Waals surface area (Å²) in [7, 11) is 4.35. The van der Waals surface area contributed by atoms with Crippen LogP contribution in [-0.2, 0) is 4.79 Å². The first-order valence-electron chi connectivity index (χ1n) is 9.04. The minimum absolute atomic E-state index is 0.0413. The van der Waals surface area contributed by atoms with Gasteiger partial charge in [-0.1, -0.05) is 12.1 Å². The number of nitrogens with two attached hydrogens (primary N) is 1. The maximum atomic E-state index is 12.8. The van der Waals surface area contributed by atoms with Crippen molar-refractivity contribution in [2.24, 2.45) is 5.84 Å². The highest BCUT2D eigenvalue weighted by Crippen LogP contribution is 2.38. The van der Waals surface area contributed by atoms with E-state index >= 15 is 0 Å². The fourth-order valence-corrected chi connectivity index (χ4v) is 2.64. The quantitative estimate of drug-likeness (QED) is 0.247. The van der Waals surface area contributed by atoms with Crippen LogP contribution in [0.15, 0.2) is 42.1 Å². The molecule has 2 aromatic rings. The lowest BCUT2D eigenvalue weighted by atomic mass is 10.1. The summed E-state index contributed by atoms with van der Waals surface area (Å²) < 4.78 is 21.2. The Morgan fingerprint density at radius 2 is 1.60 bits per heavy atom. The highest BCUT2D eigenvalue weighted by Gasteiger charge is 2.19. The van der Waals surface area contributed by atoms with Crippen LogP contribution in [0.5, 0.6) is 23.0 Å². The SMILES string of the molecule is CCOc1ccc(C=C(NC(=O)c2cc(OC)c(OC)c(OC)c2)C(=O)NN)cc1. The number of hydrogen-bond acceptors (Lipinski definition) is 7. The Labute approximate surface area is 174 Å². The topological polar surface area (TPSA) is 121 Å². The molecule has 9 nitrogen and oxygen atoms in total. The molecule has 0 radical (unpaired) electrons. The summed E-state index contributed by atoms with van der Waals surface area (Å²) in [6, 6.07) is 9.97. The average Bonchev–Trinajstić information content (AvgIpc) is 2.78. The van der Waals surface area contributed by atoms with Gasteiger partial charge in [0.05, 0.1) is 27.9 Å². The fourth-order valence-electron chi connectivity index (χ4n) is 2.64. The van der Waals surface area contributed by atoms with Gasteiger partial charge in [0.15, 0.2) is 11.5 Å². The van der Waals surface area contributed by atoms with E-state index in [0.717, 1.165) is 0 Å². The zero-order valence-corrected chi connectivity index (χ0v) is 17.3. The smallest absolute Gasteiger partial charge is 0.281 e. The van der Waals surface area contributed by atoms with E-state index in [4.69, 9.17) is 24.8 Å². The summed E-state index contributed by atoms with van der Waals surface area (Å²) in [5.74, 6) is 5.70. The minimum atomic E-state index is -0.662. The number of rotatable bonds is 9. The molecule has 0 bridgehead atoms. The molecule has 0 saturated carbocycles. The average molecular weight is 415 g/mol. The van der Waals surface area contributed by atoms with Crippen molar-refractivity contribution < 1.29 is 28.5 Å². The molecule has 2 rings (SSSR count). The van der Waals surface area contributed by atoms with Crippen molar-refractivity contribution in [1.82, 2.24) is 10.7 Å². The molecule has 2 aromatic carbocycles. The van der Waals surface area contributed by atoms with E-state index in [0.29, 0.717) is 35.2 Å². The molecule has 0 aliphatic carbocycles. The third kappa shape index (κ3) is 5.42. The van der Waals surface area contributed by atoms with Gasteiger partial charge in [0.25, 0.3) is 11.8 Å². The third-order valence-corrected chi connectivity index (χ3v) is 4.05. The first-order chi connectivity index (χ1) is 14.5. The zero-order valence-electron chi connectivity index (χ0n) is 17.3. The van der Waals surface area contributed by atoms with Crippen LogP contribution in [0.2, 0.25) is 0 Å². The van der Waals surface area contributed by atoms with Gasteiger partial charge in [0.2, 0.25) is 5.75 Å². The van der Waals surface area contributed by atoms with E-state index in [-0.39, 0.29) is 11.3 Å². The maximum absolute atomic E-state index is 12.8. The lowest BCUT2D eigenvalue weighted by Crippen LogP contribution is -2.38. The van der Waals surface area contributed by atoms with Crippen molar-refractivity contribution in [2.45, 2.75) is 6.92 Å². The highest BCUT2D eigenvalue weighted by molar-refractivity contribution is 6.05. The number of benzene rings is 2. The molecule has 0 spiro atoms. The summed E-state index contributed by atoms with van der Waals surface area (Å²) in [6.07, 6.45) is 1.49. The van der Waals surface area contributed by atoms with Gasteiger partial charge in [0.1, 0.15) is 11.4 Å². The van der Waals surface area contributed by atoms with E-state index in [1.807, 2.05) is 12.3 Å². The van der Waals surface area contributed by atoms with Crippen LogP contribution < -0.4 is 35.5 Å². The van der Waals surface area contributed by atoms with Gasteiger partial charge >= 0.3 is 0 Å². The normalized spacial score (nSPS) is 10.8. The molecule has 0 heterocycles. The van der Waals surface area contributed by atoms with Crippen molar-refractivity contribution >= 4 is 17.9 Å². The van der Waals surface area contributed by atoms with Gasteiger partial charge in [0, 0.05) is 5.56 Å². The number of amides is 2. The first-order valence-corrected chi connectivity index (χ1v) is 9.04. The number of carbonyl (C=O) groups is 2. The second-order valence-electron chi connectivity index (χ2n) is 5.90. The summed E-state index contributed by atoms with van der Waals surface area (Å²) in [4.78, 5) is 25.0. The lowest BCUT2D eigenvalue weighted by Gasteiger charge is -2.14. The molecule has 9 heteroatoms. The Hall–Kier alpha value is -3.72. The second kappa shape index (κ2) is 10.7. The third-order valence-electron chi connectivity index (χ3n) is 4.05. The standard InChI is InChI=1S/C21H25N3O6/c1-5-30-15-8-6-13(7-9-15)10-16(21(26)24-22)23-20(25)14-11-17(27-2)19(29-4)18(12-14)28-3/h6-12H,5,22H2,1-4H3,(H,23,25)(H,24,26). The van der Waals surface area contributed by atoms with Gasteiger partial charge in [-0.3, -0.25) is 15.0 Å². The summed E-state index contributed by atoms with van der Waals surface area (Å²) in [5.41, 5.74) is 2.85. The summed E-state index contributed by atoms with van der Waals surface area (Å²) in [5, 5.41) is 2.56. The first kappa shape index (κ1) is 22.6. The van der Waals surface area contributed by atoms with E-state index in [9.17, 15) is 9.59 Å². The van der Waals surface area contributed by atoms with Crippen LogP contribution in [0.4, 0.5) is 0 Å². The molecule has 4 N–H and O–H groups in total. The fraction of sp³-hybridized carbons (Fsp3) is 0.238. The van der Waals surface area contributed by atoms with Gasteiger partial charge in [-0.25, -0.2) is 5.84 Å². The van der Waals surface area contributed by atoms with Gasteiger partial charge in [-0.15, -0.1) is 0 Å². The van der Waals surface area contributed by atoms with E-state index < -0.39 is 11.8 Å². The number of nitrogens with one attached hydrogen (secondary N) is 2. The maximum Gasteiger partial charge on any atom is 0.281 e. The molecule has 0 fully saturated rings. The summed E-state index contributed by atoms with van der Waals surface area (Å²) >= 11 is 0. The van der Waals surface area contributed by atoms with E-state index in [2.05, 4.69) is 5.32 Å². The highest BCUT2D eigenvalue weighted by atomic mass is 16.5.